The number of piperazine rings is 1. The number of carbonyl (C=O) groups is 2. The molecule has 1 heterocycles. The molecule has 28 heavy (non-hydrogen) atoms. The standard InChI is InChI=1S/C21H23Cl2N3O2/c1-14(21(28)24-20-8-5-17(22)13-19(20)23)25-9-11-26(12-10-25)18-6-3-16(4-7-18)15(2)27/h3-8,13-14H,9-12H2,1-2H3,(H,24,28)/p+1/t14-/m1/s1. The first-order valence-corrected chi connectivity index (χ1v) is 10.1. The van der Waals surface area contributed by atoms with Crippen LogP contribution in [0.5, 0.6) is 0 Å². The normalized spacial score (nSPS) is 15.9. The van der Waals surface area contributed by atoms with Gasteiger partial charge in [-0.3, -0.25) is 9.59 Å². The van der Waals surface area contributed by atoms with E-state index in [1.54, 1.807) is 25.1 Å². The van der Waals surface area contributed by atoms with E-state index in [1.807, 2.05) is 31.2 Å². The molecule has 2 aromatic carbocycles. The van der Waals surface area contributed by atoms with Crippen molar-refractivity contribution in [1.29, 1.82) is 0 Å². The summed E-state index contributed by atoms with van der Waals surface area (Å²) in [4.78, 5) is 27.6. The van der Waals surface area contributed by atoms with Crippen LogP contribution >= 0.6 is 23.2 Å². The van der Waals surface area contributed by atoms with Gasteiger partial charge < -0.3 is 15.1 Å². The predicted octanol–water partition coefficient (Wildman–Crippen LogP) is 2.93. The molecule has 1 atom stereocenters. The van der Waals surface area contributed by atoms with Crippen LogP contribution in [0, 0.1) is 0 Å². The SMILES string of the molecule is CC(=O)c1ccc(N2CC[NH+]([C@H](C)C(=O)Nc3ccc(Cl)cc3Cl)CC2)cc1. The first kappa shape index (κ1) is 20.6. The molecule has 0 unspecified atom stereocenters. The van der Waals surface area contributed by atoms with Crippen molar-refractivity contribution >= 4 is 46.3 Å². The molecule has 0 radical (unpaired) electrons. The maximum atomic E-state index is 12.6. The van der Waals surface area contributed by atoms with E-state index in [4.69, 9.17) is 23.2 Å². The highest BCUT2D eigenvalue weighted by molar-refractivity contribution is 6.36. The van der Waals surface area contributed by atoms with Crippen molar-refractivity contribution < 1.29 is 14.5 Å². The van der Waals surface area contributed by atoms with Gasteiger partial charge >= 0.3 is 0 Å². The van der Waals surface area contributed by atoms with Crippen molar-refractivity contribution in [2.45, 2.75) is 19.9 Å². The number of nitrogens with one attached hydrogen (secondary N) is 2. The number of carbonyl (C=O) groups excluding carboxylic acids is 2. The van der Waals surface area contributed by atoms with E-state index in [2.05, 4.69) is 10.2 Å². The molecule has 0 spiro atoms. The van der Waals surface area contributed by atoms with Gasteiger partial charge in [0, 0.05) is 16.3 Å². The maximum absolute atomic E-state index is 12.6. The summed E-state index contributed by atoms with van der Waals surface area (Å²) in [5.41, 5.74) is 2.40. The van der Waals surface area contributed by atoms with Crippen LogP contribution < -0.4 is 15.1 Å². The fourth-order valence-corrected chi connectivity index (χ4v) is 3.87. The van der Waals surface area contributed by atoms with Crippen LogP contribution in [-0.2, 0) is 4.79 Å². The lowest BCUT2D eigenvalue weighted by Crippen LogP contribution is -3.19. The Kier molecular flexibility index (Phi) is 6.60. The van der Waals surface area contributed by atoms with Crippen molar-refractivity contribution in [2.75, 3.05) is 36.4 Å². The second kappa shape index (κ2) is 8.95. The number of rotatable bonds is 5. The molecule has 7 heteroatoms. The third-order valence-electron chi connectivity index (χ3n) is 5.24. The Morgan fingerprint density at radius 3 is 2.29 bits per heavy atom. The summed E-state index contributed by atoms with van der Waals surface area (Å²) < 4.78 is 0. The molecule has 0 bridgehead atoms. The number of halogens is 2. The minimum absolute atomic E-state index is 0.0570. The Bertz CT molecular complexity index is 862. The first-order chi connectivity index (χ1) is 13.3. The van der Waals surface area contributed by atoms with Gasteiger partial charge in [-0.15, -0.1) is 0 Å². The summed E-state index contributed by atoms with van der Waals surface area (Å²) in [6.45, 7) is 6.93. The Labute approximate surface area is 175 Å². The van der Waals surface area contributed by atoms with Gasteiger partial charge in [-0.2, -0.15) is 0 Å². The molecule has 1 saturated heterocycles. The molecule has 1 amide bonds. The van der Waals surface area contributed by atoms with Crippen LogP contribution in [0.3, 0.4) is 0 Å². The summed E-state index contributed by atoms with van der Waals surface area (Å²) in [6.07, 6.45) is 0. The quantitative estimate of drug-likeness (QED) is 0.731. The molecular formula is C21H24Cl2N3O2+. The van der Waals surface area contributed by atoms with Gasteiger partial charge in [0.25, 0.3) is 5.91 Å². The number of anilines is 2. The predicted molar refractivity (Wildman–Crippen MR) is 114 cm³/mol. The van der Waals surface area contributed by atoms with Gasteiger partial charge in [0.15, 0.2) is 11.8 Å². The Morgan fingerprint density at radius 2 is 1.71 bits per heavy atom. The monoisotopic (exact) mass is 420 g/mol. The summed E-state index contributed by atoms with van der Waals surface area (Å²) >= 11 is 12.1. The second-order valence-electron chi connectivity index (χ2n) is 7.08. The minimum Gasteiger partial charge on any atom is -0.360 e. The van der Waals surface area contributed by atoms with Crippen LogP contribution in [0.1, 0.15) is 24.2 Å². The molecule has 1 aliphatic rings. The number of quaternary nitrogens is 1. The number of Topliss-reactive ketones (excluding diaryl/α,β-unsaturated/α-hetero) is 1. The molecule has 2 N–H and O–H groups in total. The van der Waals surface area contributed by atoms with E-state index in [1.165, 1.54) is 4.90 Å². The fourth-order valence-electron chi connectivity index (χ4n) is 3.41. The van der Waals surface area contributed by atoms with E-state index in [9.17, 15) is 9.59 Å². The van der Waals surface area contributed by atoms with Gasteiger partial charge in [-0.05, 0) is 56.3 Å². The lowest BCUT2D eigenvalue weighted by Gasteiger charge is -2.36. The van der Waals surface area contributed by atoms with E-state index in [0.29, 0.717) is 15.7 Å². The van der Waals surface area contributed by atoms with Gasteiger partial charge in [-0.25, -0.2) is 0 Å². The third-order valence-corrected chi connectivity index (χ3v) is 5.79. The van der Waals surface area contributed by atoms with Crippen LogP contribution in [0.25, 0.3) is 0 Å². The molecule has 1 fully saturated rings. The number of benzene rings is 2. The summed E-state index contributed by atoms with van der Waals surface area (Å²) in [5, 5.41) is 3.87. The van der Waals surface area contributed by atoms with E-state index in [-0.39, 0.29) is 17.7 Å². The van der Waals surface area contributed by atoms with Crippen LogP contribution in [-0.4, -0.2) is 43.9 Å². The highest BCUT2D eigenvalue weighted by Crippen LogP contribution is 2.25. The number of hydrogen-bond donors (Lipinski definition) is 2. The van der Waals surface area contributed by atoms with Crippen LogP contribution in [0.15, 0.2) is 42.5 Å². The average molecular weight is 421 g/mol. The van der Waals surface area contributed by atoms with Crippen molar-refractivity contribution in [3.63, 3.8) is 0 Å². The number of nitrogens with zero attached hydrogens (tertiary/aromatic N) is 1. The molecule has 0 aromatic heterocycles. The Hall–Kier alpha value is -2.08. The highest BCUT2D eigenvalue weighted by Gasteiger charge is 2.29. The van der Waals surface area contributed by atoms with Gasteiger partial charge in [0.1, 0.15) is 0 Å². The summed E-state index contributed by atoms with van der Waals surface area (Å²) in [7, 11) is 0. The van der Waals surface area contributed by atoms with Gasteiger partial charge in [-0.1, -0.05) is 23.2 Å². The Balaban J connectivity index is 1.56. The topological polar surface area (TPSA) is 53.9 Å². The number of hydrogen-bond acceptors (Lipinski definition) is 3. The van der Waals surface area contributed by atoms with Crippen LogP contribution in [0.2, 0.25) is 10.0 Å². The van der Waals surface area contributed by atoms with Crippen molar-refractivity contribution in [2.24, 2.45) is 0 Å². The van der Waals surface area contributed by atoms with E-state index in [0.717, 1.165) is 37.4 Å². The van der Waals surface area contributed by atoms with Gasteiger partial charge in [0.05, 0.1) is 36.9 Å². The molecule has 148 valence electrons. The molecule has 1 aliphatic heterocycles. The van der Waals surface area contributed by atoms with E-state index >= 15 is 0 Å². The van der Waals surface area contributed by atoms with Crippen LogP contribution in [0.4, 0.5) is 11.4 Å². The van der Waals surface area contributed by atoms with E-state index < -0.39 is 0 Å². The summed E-state index contributed by atoms with van der Waals surface area (Å²) in [5.74, 6) is 0.0138. The second-order valence-corrected chi connectivity index (χ2v) is 7.93. The fraction of sp³-hybridized carbons (Fsp3) is 0.333. The van der Waals surface area contributed by atoms with Crippen molar-refractivity contribution in [3.05, 3.63) is 58.1 Å². The van der Waals surface area contributed by atoms with Gasteiger partial charge in [0.2, 0.25) is 0 Å². The maximum Gasteiger partial charge on any atom is 0.282 e. The minimum atomic E-state index is -0.186. The molecule has 0 saturated carbocycles. The first-order valence-electron chi connectivity index (χ1n) is 9.31. The molecular weight excluding hydrogens is 397 g/mol. The lowest BCUT2D eigenvalue weighted by atomic mass is 10.1. The molecule has 3 rings (SSSR count). The summed E-state index contributed by atoms with van der Waals surface area (Å²) in [6, 6.07) is 12.6. The molecule has 0 aliphatic carbocycles. The number of ketones is 1. The zero-order valence-corrected chi connectivity index (χ0v) is 17.5. The lowest BCUT2D eigenvalue weighted by molar-refractivity contribution is -0.914. The molecule has 2 aromatic rings. The average Bonchev–Trinajstić information content (AvgIpc) is 2.69. The zero-order chi connectivity index (χ0) is 20.3. The largest absolute Gasteiger partial charge is 0.360 e. The number of amides is 1. The van der Waals surface area contributed by atoms with Crippen molar-refractivity contribution in [1.82, 2.24) is 0 Å². The van der Waals surface area contributed by atoms with Crippen molar-refractivity contribution in [3.8, 4) is 0 Å². The smallest absolute Gasteiger partial charge is 0.282 e. The molecule has 5 nitrogen and oxygen atoms in total. The zero-order valence-electron chi connectivity index (χ0n) is 16.0. The highest BCUT2D eigenvalue weighted by atomic mass is 35.5. The Morgan fingerprint density at radius 1 is 1.07 bits per heavy atom. The third kappa shape index (κ3) is 4.85.